The Kier molecular flexibility index (Phi) is 5.00. The summed E-state index contributed by atoms with van der Waals surface area (Å²) in [5.41, 5.74) is 0. The molecule has 2 heterocycles. The Balaban J connectivity index is 1.67. The molecule has 0 aromatic carbocycles. The van der Waals surface area contributed by atoms with E-state index in [-0.39, 0.29) is 11.8 Å². The van der Waals surface area contributed by atoms with Gasteiger partial charge in [-0.3, -0.25) is 0 Å². The number of likely N-dealkylation sites (N-methyl/N-ethyl adjacent to an activating group) is 1. The minimum absolute atomic E-state index is 0.121. The maximum atomic E-state index is 11.5. The highest BCUT2D eigenvalue weighted by Gasteiger charge is 2.24. The first kappa shape index (κ1) is 14.2. The van der Waals surface area contributed by atoms with Crippen LogP contribution >= 0.6 is 0 Å². The molecule has 0 aromatic heterocycles. The van der Waals surface area contributed by atoms with Gasteiger partial charge in [0.05, 0.1) is 17.6 Å². The Morgan fingerprint density at radius 1 is 1.44 bits per heavy atom. The van der Waals surface area contributed by atoms with Crippen molar-refractivity contribution in [2.45, 2.75) is 31.4 Å². The van der Waals surface area contributed by atoms with E-state index in [0.717, 1.165) is 32.5 Å². The summed E-state index contributed by atoms with van der Waals surface area (Å²) in [6.07, 6.45) is 3.59. The summed E-state index contributed by atoms with van der Waals surface area (Å²) < 4.78 is 28.6. The average Bonchev–Trinajstić information content (AvgIpc) is 2.78. The van der Waals surface area contributed by atoms with E-state index in [1.54, 1.807) is 0 Å². The molecule has 0 spiro atoms. The lowest BCUT2D eigenvalue weighted by Crippen LogP contribution is -2.46. The molecule has 2 aliphatic rings. The number of rotatable bonds is 5. The third-order valence-electron chi connectivity index (χ3n) is 3.70. The van der Waals surface area contributed by atoms with Gasteiger partial charge in [0.15, 0.2) is 9.84 Å². The fourth-order valence-corrected chi connectivity index (χ4v) is 4.15. The summed E-state index contributed by atoms with van der Waals surface area (Å²) in [5.74, 6) is 0.579. The average molecular weight is 276 g/mol. The molecule has 0 aromatic rings. The second kappa shape index (κ2) is 6.32. The first-order valence-electron chi connectivity index (χ1n) is 6.79. The van der Waals surface area contributed by atoms with Gasteiger partial charge < -0.3 is 15.0 Å². The van der Waals surface area contributed by atoms with Crippen molar-refractivity contribution in [3.05, 3.63) is 0 Å². The van der Waals surface area contributed by atoms with Crippen molar-refractivity contribution in [2.24, 2.45) is 0 Å². The molecule has 0 radical (unpaired) electrons. The summed E-state index contributed by atoms with van der Waals surface area (Å²) in [4.78, 5) is 2.25. The van der Waals surface area contributed by atoms with Gasteiger partial charge in [-0.2, -0.15) is 0 Å². The number of nitrogens with zero attached hydrogens (tertiary/aromatic N) is 1. The second-order valence-electron chi connectivity index (χ2n) is 5.45. The summed E-state index contributed by atoms with van der Waals surface area (Å²) in [7, 11) is -0.726. The molecule has 2 aliphatic heterocycles. The Hall–Kier alpha value is -0.170. The molecule has 2 fully saturated rings. The van der Waals surface area contributed by atoms with Crippen LogP contribution in [0.1, 0.15) is 19.3 Å². The van der Waals surface area contributed by atoms with E-state index in [9.17, 15) is 8.42 Å². The van der Waals surface area contributed by atoms with Crippen LogP contribution in [0, 0.1) is 0 Å². The standard InChI is InChI=1S/C12H24N2O3S/c1-14(9-12-3-2-7-17-12)6-4-11-10-18(15,16)8-5-13-11/h11-13H,2-10H2,1H3. The molecule has 2 saturated heterocycles. The van der Waals surface area contributed by atoms with Crippen molar-refractivity contribution < 1.29 is 13.2 Å². The zero-order chi connectivity index (χ0) is 13.0. The number of nitrogens with one attached hydrogen (secondary N) is 1. The maximum absolute atomic E-state index is 11.5. The first-order valence-corrected chi connectivity index (χ1v) is 8.61. The predicted molar refractivity (Wildman–Crippen MR) is 71.5 cm³/mol. The van der Waals surface area contributed by atoms with Crippen LogP contribution in [0.3, 0.4) is 0 Å². The SMILES string of the molecule is CN(CCC1CS(=O)(=O)CCN1)CC1CCCO1. The van der Waals surface area contributed by atoms with E-state index in [4.69, 9.17) is 4.74 Å². The number of ether oxygens (including phenoxy) is 1. The van der Waals surface area contributed by atoms with Gasteiger partial charge in [0.2, 0.25) is 0 Å². The molecule has 6 heteroatoms. The number of sulfone groups is 1. The monoisotopic (exact) mass is 276 g/mol. The molecule has 0 saturated carbocycles. The van der Waals surface area contributed by atoms with E-state index < -0.39 is 9.84 Å². The fourth-order valence-electron chi connectivity index (χ4n) is 2.66. The molecule has 106 valence electrons. The minimum atomic E-state index is -2.81. The van der Waals surface area contributed by atoms with Gasteiger partial charge in [-0.25, -0.2) is 8.42 Å². The van der Waals surface area contributed by atoms with Crippen molar-refractivity contribution in [1.82, 2.24) is 10.2 Å². The molecule has 0 amide bonds. The molecule has 1 N–H and O–H groups in total. The third kappa shape index (κ3) is 4.50. The van der Waals surface area contributed by atoms with E-state index in [1.165, 1.54) is 6.42 Å². The molecule has 0 aliphatic carbocycles. The molecule has 2 atom stereocenters. The topological polar surface area (TPSA) is 58.6 Å². The van der Waals surface area contributed by atoms with E-state index in [2.05, 4.69) is 17.3 Å². The van der Waals surface area contributed by atoms with Crippen LogP contribution in [0.15, 0.2) is 0 Å². The maximum Gasteiger partial charge on any atom is 0.153 e. The zero-order valence-corrected chi connectivity index (χ0v) is 11.9. The van der Waals surface area contributed by atoms with Gasteiger partial charge >= 0.3 is 0 Å². The predicted octanol–water partition coefficient (Wildman–Crippen LogP) is -0.126. The lowest BCUT2D eigenvalue weighted by Gasteiger charge is -2.26. The Bertz CT molecular complexity index is 352. The second-order valence-corrected chi connectivity index (χ2v) is 7.68. The van der Waals surface area contributed by atoms with Gasteiger partial charge in [0, 0.05) is 25.7 Å². The summed E-state index contributed by atoms with van der Waals surface area (Å²) >= 11 is 0. The van der Waals surface area contributed by atoms with Gasteiger partial charge in [0.25, 0.3) is 0 Å². The van der Waals surface area contributed by atoms with Crippen LogP contribution in [-0.4, -0.2) is 70.3 Å². The van der Waals surface area contributed by atoms with Crippen LogP contribution in [-0.2, 0) is 14.6 Å². The van der Waals surface area contributed by atoms with E-state index in [1.807, 2.05) is 0 Å². The molecular formula is C12H24N2O3S. The highest BCUT2D eigenvalue weighted by Crippen LogP contribution is 2.13. The van der Waals surface area contributed by atoms with E-state index in [0.29, 0.717) is 18.4 Å². The first-order chi connectivity index (χ1) is 8.55. The molecule has 0 bridgehead atoms. The molecule has 2 unspecified atom stereocenters. The van der Waals surface area contributed by atoms with Crippen molar-refractivity contribution in [3.8, 4) is 0 Å². The highest BCUT2D eigenvalue weighted by atomic mass is 32.2. The molecular weight excluding hydrogens is 252 g/mol. The Morgan fingerprint density at radius 3 is 2.94 bits per heavy atom. The summed E-state index contributed by atoms with van der Waals surface area (Å²) in [6, 6.07) is 0.121. The van der Waals surface area contributed by atoms with Crippen LogP contribution in [0.4, 0.5) is 0 Å². The largest absolute Gasteiger partial charge is 0.377 e. The summed E-state index contributed by atoms with van der Waals surface area (Å²) in [6.45, 7) is 3.37. The van der Waals surface area contributed by atoms with Crippen LogP contribution in [0.2, 0.25) is 0 Å². The quantitative estimate of drug-likeness (QED) is 0.758. The van der Waals surface area contributed by atoms with Gasteiger partial charge in [-0.05, 0) is 32.9 Å². The summed E-state index contributed by atoms with van der Waals surface area (Å²) in [5, 5.41) is 3.29. The third-order valence-corrected chi connectivity index (χ3v) is 5.44. The number of hydrogen-bond donors (Lipinski definition) is 1. The van der Waals surface area contributed by atoms with Gasteiger partial charge in [-0.15, -0.1) is 0 Å². The molecule has 2 rings (SSSR count). The van der Waals surface area contributed by atoms with Gasteiger partial charge in [-0.1, -0.05) is 0 Å². The lowest BCUT2D eigenvalue weighted by atomic mass is 10.2. The van der Waals surface area contributed by atoms with Crippen molar-refractivity contribution in [3.63, 3.8) is 0 Å². The fraction of sp³-hybridized carbons (Fsp3) is 1.00. The Morgan fingerprint density at radius 2 is 2.28 bits per heavy atom. The number of hydrogen-bond acceptors (Lipinski definition) is 5. The Labute approximate surface area is 110 Å². The van der Waals surface area contributed by atoms with Crippen LogP contribution in [0.25, 0.3) is 0 Å². The van der Waals surface area contributed by atoms with Crippen molar-refractivity contribution >= 4 is 9.84 Å². The minimum Gasteiger partial charge on any atom is -0.377 e. The van der Waals surface area contributed by atoms with E-state index >= 15 is 0 Å². The molecule has 18 heavy (non-hydrogen) atoms. The smallest absolute Gasteiger partial charge is 0.153 e. The zero-order valence-electron chi connectivity index (χ0n) is 11.1. The van der Waals surface area contributed by atoms with Crippen LogP contribution in [0.5, 0.6) is 0 Å². The lowest BCUT2D eigenvalue weighted by molar-refractivity contribution is 0.0802. The normalized spacial score (nSPS) is 31.9. The van der Waals surface area contributed by atoms with Crippen molar-refractivity contribution in [2.75, 3.05) is 44.8 Å². The van der Waals surface area contributed by atoms with Crippen LogP contribution < -0.4 is 5.32 Å². The van der Waals surface area contributed by atoms with Crippen molar-refractivity contribution in [1.29, 1.82) is 0 Å². The highest BCUT2D eigenvalue weighted by molar-refractivity contribution is 7.91. The van der Waals surface area contributed by atoms with Gasteiger partial charge in [0.1, 0.15) is 0 Å². The molecule has 5 nitrogen and oxygen atoms in total.